The van der Waals surface area contributed by atoms with E-state index >= 15 is 0 Å². The molecule has 0 aliphatic rings. The average molecular weight is 632 g/mol. The van der Waals surface area contributed by atoms with Crippen LogP contribution in [0.5, 0.6) is 5.75 Å². The van der Waals surface area contributed by atoms with Crippen LogP contribution in [0.15, 0.2) is 109 Å². The molecule has 5 rings (SSSR count). The lowest BCUT2D eigenvalue weighted by atomic mass is 10.0. The van der Waals surface area contributed by atoms with Crippen molar-refractivity contribution in [2.24, 2.45) is 0 Å². The molecule has 8 heteroatoms. The van der Waals surface area contributed by atoms with E-state index in [-0.39, 0.29) is 36.6 Å². The molecule has 0 radical (unpaired) electrons. The zero-order chi connectivity index (χ0) is 33.2. The number of rotatable bonds is 14. The van der Waals surface area contributed by atoms with Gasteiger partial charge in [-0.3, -0.25) is 9.59 Å². The highest BCUT2D eigenvalue weighted by molar-refractivity contribution is 6.06. The molecule has 0 unspecified atom stereocenters. The van der Waals surface area contributed by atoms with Crippen LogP contribution in [0.4, 0.5) is 0 Å². The summed E-state index contributed by atoms with van der Waals surface area (Å²) < 4.78 is 0. The normalized spacial score (nSPS) is 12.4. The fourth-order valence-corrected chi connectivity index (χ4v) is 5.59. The van der Waals surface area contributed by atoms with Gasteiger partial charge in [0.2, 0.25) is 5.91 Å². The maximum Gasteiger partial charge on any atom is 0.252 e. The molecule has 5 aromatic rings. The molecule has 0 saturated heterocycles. The number of aromatic hydroxyl groups is 1. The van der Waals surface area contributed by atoms with Crippen LogP contribution < -0.4 is 16.0 Å². The molecule has 6 N–H and O–H groups in total. The van der Waals surface area contributed by atoms with Gasteiger partial charge in [0, 0.05) is 36.8 Å². The molecule has 0 fully saturated rings. The summed E-state index contributed by atoms with van der Waals surface area (Å²) in [6.07, 6.45) is 0.200. The summed E-state index contributed by atoms with van der Waals surface area (Å²) in [6.45, 7) is 2.87. The Kier molecular flexibility index (Phi) is 11.4. The van der Waals surface area contributed by atoms with Gasteiger partial charge in [0.15, 0.2) is 0 Å². The Morgan fingerprint density at radius 2 is 1.43 bits per heavy atom. The standard InChI is InChI=1S/C39H41N3O5/c1-26(40-24-37(45)32-16-17-36(44)33(21-32)25-43)18-29-6-4-7-30(19-29)20-38(46)41-22-27-12-14-28(15-13-27)23-42-39(47)35-11-5-9-31-8-2-3-10-34(31)35/h2-17,19,21,26,37,40,43-45H,18,20,22-25H2,1H3,(H,41,46)(H,42,47)/t26-,37+/m1/s1. The summed E-state index contributed by atoms with van der Waals surface area (Å²) in [5.41, 5.74) is 5.60. The molecule has 2 atom stereocenters. The summed E-state index contributed by atoms with van der Waals surface area (Å²) in [7, 11) is 0. The van der Waals surface area contributed by atoms with Crippen molar-refractivity contribution in [1.82, 2.24) is 16.0 Å². The van der Waals surface area contributed by atoms with Crippen LogP contribution in [-0.4, -0.2) is 39.7 Å². The van der Waals surface area contributed by atoms with Crippen molar-refractivity contribution in [1.29, 1.82) is 0 Å². The second kappa shape index (κ2) is 16.0. The molecule has 47 heavy (non-hydrogen) atoms. The number of phenols is 1. The van der Waals surface area contributed by atoms with Crippen LogP contribution >= 0.6 is 0 Å². The van der Waals surface area contributed by atoms with E-state index in [4.69, 9.17) is 0 Å². The third-order valence-corrected chi connectivity index (χ3v) is 8.22. The van der Waals surface area contributed by atoms with Gasteiger partial charge in [-0.25, -0.2) is 0 Å². The molecule has 0 saturated carbocycles. The number of benzene rings is 5. The number of aliphatic hydroxyl groups excluding tert-OH is 2. The van der Waals surface area contributed by atoms with Gasteiger partial charge in [0.1, 0.15) is 5.75 Å². The van der Waals surface area contributed by atoms with E-state index in [1.807, 2.05) is 97.9 Å². The van der Waals surface area contributed by atoms with Gasteiger partial charge in [-0.1, -0.05) is 91.0 Å². The summed E-state index contributed by atoms with van der Waals surface area (Å²) in [5, 5.41) is 41.0. The monoisotopic (exact) mass is 631 g/mol. The van der Waals surface area contributed by atoms with Gasteiger partial charge in [0.25, 0.3) is 5.91 Å². The van der Waals surface area contributed by atoms with Crippen molar-refractivity contribution in [3.8, 4) is 5.75 Å². The fraction of sp³-hybridized carbons (Fsp3) is 0.231. The molecule has 0 aliphatic carbocycles. The number of hydrogen-bond acceptors (Lipinski definition) is 6. The minimum atomic E-state index is -0.781. The first-order valence-corrected chi connectivity index (χ1v) is 15.8. The Morgan fingerprint density at radius 3 is 2.19 bits per heavy atom. The van der Waals surface area contributed by atoms with Crippen molar-refractivity contribution < 1.29 is 24.9 Å². The lowest BCUT2D eigenvalue weighted by Crippen LogP contribution is -2.32. The van der Waals surface area contributed by atoms with Crippen molar-refractivity contribution in [3.05, 3.63) is 148 Å². The van der Waals surface area contributed by atoms with Gasteiger partial charge in [-0.15, -0.1) is 0 Å². The van der Waals surface area contributed by atoms with Crippen molar-refractivity contribution in [2.75, 3.05) is 6.54 Å². The largest absolute Gasteiger partial charge is 0.508 e. The number of carbonyl (C=O) groups excluding carboxylic acids is 2. The molecule has 0 bridgehead atoms. The van der Waals surface area contributed by atoms with Crippen molar-refractivity contribution in [3.63, 3.8) is 0 Å². The number of nitrogens with one attached hydrogen (secondary N) is 3. The Bertz CT molecular complexity index is 1820. The van der Waals surface area contributed by atoms with E-state index in [1.54, 1.807) is 12.1 Å². The van der Waals surface area contributed by atoms with Gasteiger partial charge in [-0.2, -0.15) is 0 Å². The van der Waals surface area contributed by atoms with Crippen LogP contribution in [0.1, 0.15) is 56.8 Å². The van der Waals surface area contributed by atoms with E-state index in [2.05, 4.69) is 16.0 Å². The number of hydrogen-bond donors (Lipinski definition) is 6. The fourth-order valence-electron chi connectivity index (χ4n) is 5.59. The first-order valence-electron chi connectivity index (χ1n) is 15.8. The summed E-state index contributed by atoms with van der Waals surface area (Å²) in [4.78, 5) is 25.6. The SMILES string of the molecule is C[C@H](Cc1cccc(CC(=O)NCc2ccc(CNC(=O)c3cccc4ccccc34)cc2)c1)NC[C@H](O)c1ccc(O)c(CO)c1. The van der Waals surface area contributed by atoms with E-state index in [1.165, 1.54) is 6.07 Å². The minimum absolute atomic E-state index is 0.00396. The highest BCUT2D eigenvalue weighted by Gasteiger charge is 2.13. The molecule has 2 amide bonds. The Labute approximate surface area is 275 Å². The molecule has 0 heterocycles. The molecule has 0 aromatic heterocycles. The molecule has 8 nitrogen and oxygen atoms in total. The lowest BCUT2D eigenvalue weighted by Gasteiger charge is -2.18. The predicted molar refractivity (Wildman–Crippen MR) is 184 cm³/mol. The molecule has 0 spiro atoms. The smallest absolute Gasteiger partial charge is 0.252 e. The van der Waals surface area contributed by atoms with Crippen LogP contribution in [0, 0.1) is 0 Å². The quantitative estimate of drug-likeness (QED) is 0.101. The number of amides is 2. The summed E-state index contributed by atoms with van der Waals surface area (Å²) >= 11 is 0. The minimum Gasteiger partial charge on any atom is -0.508 e. The average Bonchev–Trinajstić information content (AvgIpc) is 3.09. The third-order valence-electron chi connectivity index (χ3n) is 8.22. The van der Waals surface area contributed by atoms with E-state index in [0.29, 0.717) is 42.7 Å². The number of fused-ring (bicyclic) bond motifs is 1. The Morgan fingerprint density at radius 1 is 0.745 bits per heavy atom. The van der Waals surface area contributed by atoms with Gasteiger partial charge in [-0.05, 0) is 70.1 Å². The van der Waals surface area contributed by atoms with Crippen LogP contribution in [0.25, 0.3) is 10.8 Å². The van der Waals surface area contributed by atoms with E-state index in [0.717, 1.165) is 33.0 Å². The molecular weight excluding hydrogens is 590 g/mol. The predicted octanol–water partition coefficient (Wildman–Crippen LogP) is 5.08. The Hall–Kier alpha value is -5.02. The molecular formula is C39H41N3O5. The highest BCUT2D eigenvalue weighted by Crippen LogP contribution is 2.23. The molecule has 242 valence electrons. The van der Waals surface area contributed by atoms with E-state index < -0.39 is 6.10 Å². The number of carbonyl (C=O) groups is 2. The maximum atomic E-state index is 12.8. The van der Waals surface area contributed by atoms with Gasteiger partial charge >= 0.3 is 0 Å². The van der Waals surface area contributed by atoms with Gasteiger partial charge in [0.05, 0.1) is 19.1 Å². The van der Waals surface area contributed by atoms with Crippen molar-refractivity contribution in [2.45, 2.75) is 51.6 Å². The number of aliphatic hydroxyl groups is 2. The second-order valence-corrected chi connectivity index (χ2v) is 11.9. The first-order chi connectivity index (χ1) is 22.8. The second-order valence-electron chi connectivity index (χ2n) is 11.9. The highest BCUT2D eigenvalue weighted by atomic mass is 16.3. The van der Waals surface area contributed by atoms with Crippen LogP contribution in [0.3, 0.4) is 0 Å². The molecule has 0 aliphatic heterocycles. The summed E-state index contributed by atoms with van der Waals surface area (Å²) in [5.74, 6) is -0.182. The first kappa shape index (κ1) is 33.3. The van der Waals surface area contributed by atoms with Gasteiger partial charge < -0.3 is 31.3 Å². The maximum absolute atomic E-state index is 12.8. The lowest BCUT2D eigenvalue weighted by molar-refractivity contribution is -0.120. The summed E-state index contributed by atoms with van der Waals surface area (Å²) in [6, 6.07) is 34.1. The Balaban J connectivity index is 1.05. The zero-order valence-corrected chi connectivity index (χ0v) is 26.4. The van der Waals surface area contributed by atoms with Crippen molar-refractivity contribution >= 4 is 22.6 Å². The topological polar surface area (TPSA) is 131 Å². The van der Waals surface area contributed by atoms with E-state index in [9.17, 15) is 24.9 Å². The zero-order valence-electron chi connectivity index (χ0n) is 26.4. The third kappa shape index (κ3) is 9.26. The van der Waals surface area contributed by atoms with Crippen LogP contribution in [-0.2, 0) is 37.3 Å². The van der Waals surface area contributed by atoms with Crippen LogP contribution in [0.2, 0.25) is 0 Å². The molecule has 5 aromatic carbocycles.